The Hall–Kier alpha value is -4.78. The molecule has 0 aromatic heterocycles. The van der Waals surface area contributed by atoms with Crippen molar-refractivity contribution in [3.63, 3.8) is 0 Å². The molecule has 0 bridgehead atoms. The zero-order valence-corrected chi connectivity index (χ0v) is 37.7. The van der Waals surface area contributed by atoms with Crippen LogP contribution in [0.5, 0.6) is 0 Å². The predicted molar refractivity (Wildman–Crippen MR) is 233 cm³/mol. The van der Waals surface area contributed by atoms with E-state index in [0.717, 1.165) is 54.3 Å². The van der Waals surface area contributed by atoms with Gasteiger partial charge < -0.3 is 0 Å². The molecule has 0 fully saturated rings. The van der Waals surface area contributed by atoms with E-state index in [-0.39, 0.29) is 48.2 Å². The molecule has 1 heterocycles. The molecule has 3 radical (unpaired) electrons. The molecule has 0 atom stereocenters. The molecule has 8 aromatic carbocycles. The number of rotatable bonds is 2. The van der Waals surface area contributed by atoms with E-state index in [2.05, 4.69) is 96.1 Å². The molecule has 0 amide bonds. The van der Waals surface area contributed by atoms with E-state index in [1.807, 2.05) is 42.5 Å². The zero-order chi connectivity index (χ0) is 42.3. The number of benzene rings is 6. The van der Waals surface area contributed by atoms with Crippen LogP contribution in [0.25, 0.3) is 54.9 Å². The van der Waals surface area contributed by atoms with Crippen LogP contribution in [0, 0.1) is 6.07 Å². The predicted octanol–water partition coefficient (Wildman–Crippen LogP) is 14.2. The Balaban J connectivity index is 0.000000155. The fourth-order valence-electron chi connectivity index (χ4n) is 7.46. The second-order valence-corrected chi connectivity index (χ2v) is 18.1. The smallest absolute Gasteiger partial charge is 0.184 e. The summed E-state index contributed by atoms with van der Waals surface area (Å²) in [6, 6.07) is 48.9. The molecule has 8 aromatic rings. The Kier molecular flexibility index (Phi) is 12.9. The topological polar surface area (TPSA) is 0 Å². The van der Waals surface area contributed by atoms with Crippen LogP contribution in [0.3, 0.4) is 0 Å². The van der Waals surface area contributed by atoms with Crippen LogP contribution in [0.4, 0.5) is 26.3 Å². The summed E-state index contributed by atoms with van der Waals surface area (Å²) in [6.07, 6.45) is -8.73. The number of hydrogen-bond acceptors (Lipinski definition) is 0. The van der Waals surface area contributed by atoms with Crippen molar-refractivity contribution in [1.82, 2.24) is 0 Å². The van der Waals surface area contributed by atoms with Gasteiger partial charge in [0, 0.05) is 0 Å². The molecule has 0 saturated carbocycles. The third-order valence-corrected chi connectivity index (χ3v) is 12.0. The third kappa shape index (κ3) is 9.56. The van der Waals surface area contributed by atoms with Crippen LogP contribution >= 0.6 is 0 Å². The van der Waals surface area contributed by atoms with Gasteiger partial charge in [-0.25, -0.2) is 0 Å². The molecule has 301 valence electrons. The van der Waals surface area contributed by atoms with Crippen molar-refractivity contribution in [1.29, 1.82) is 0 Å². The summed E-state index contributed by atoms with van der Waals surface area (Å²) in [6.45, 7) is 12.6. The van der Waals surface area contributed by atoms with Crippen molar-refractivity contribution in [3.8, 4) is 33.4 Å². The van der Waals surface area contributed by atoms with Gasteiger partial charge in [-0.1, -0.05) is 136 Å². The fourth-order valence-corrected chi connectivity index (χ4v) is 8.77. The van der Waals surface area contributed by atoms with E-state index in [4.69, 9.17) is 0 Å². The largest absolute Gasteiger partial charge is 3.00 e. The second kappa shape index (κ2) is 17.3. The maximum Gasteiger partial charge on any atom is 3.00 e. The van der Waals surface area contributed by atoms with Crippen LogP contribution in [0.15, 0.2) is 152 Å². The normalized spacial score (nSPS) is 12.5. The number of hydrogen-bond donors (Lipinski definition) is 0. The standard InChI is InChI=1S/2C20H18F3.C12H7Si.Zr/c2*1-19(2,3)14-11-13-7-6-9-15(17(13)12-14)16-8-4-5-10-18(16)20(21,22)23;1-3-7-11-9(5-1)10-6-2-4-8-12(10)13-11;/h2*4-12H,1-3H3;1-7H;/q3*-1;+3. The van der Waals surface area contributed by atoms with Crippen molar-refractivity contribution >= 4 is 41.4 Å². The molecular formula is C52H43F6SiZr. The quantitative estimate of drug-likeness (QED) is 0.0921. The minimum Gasteiger partial charge on any atom is -0.184 e. The number of fused-ring (bicyclic) bond motifs is 5. The molecule has 1 aliphatic rings. The molecular weight excluding hydrogens is 858 g/mol. The molecule has 0 saturated heterocycles. The van der Waals surface area contributed by atoms with Crippen LogP contribution in [0.2, 0.25) is 0 Å². The van der Waals surface area contributed by atoms with Crippen molar-refractivity contribution in [2.45, 2.75) is 64.7 Å². The van der Waals surface area contributed by atoms with E-state index >= 15 is 0 Å². The Labute approximate surface area is 370 Å². The third-order valence-electron chi connectivity index (χ3n) is 10.6. The summed E-state index contributed by atoms with van der Waals surface area (Å²) < 4.78 is 80.0. The molecule has 0 spiro atoms. The molecule has 1 aliphatic heterocycles. The van der Waals surface area contributed by atoms with Crippen LogP contribution < -0.4 is 10.4 Å². The zero-order valence-electron chi connectivity index (χ0n) is 34.2. The average molecular weight is 901 g/mol. The number of halogens is 6. The van der Waals surface area contributed by atoms with Gasteiger partial charge in [0.1, 0.15) is 0 Å². The first kappa shape index (κ1) is 44.8. The van der Waals surface area contributed by atoms with Crippen molar-refractivity contribution in [2.75, 3.05) is 0 Å². The summed E-state index contributed by atoms with van der Waals surface area (Å²) in [4.78, 5) is 0. The molecule has 0 nitrogen and oxygen atoms in total. The summed E-state index contributed by atoms with van der Waals surface area (Å²) in [7, 11) is 0.795. The van der Waals surface area contributed by atoms with E-state index < -0.39 is 23.5 Å². The fraction of sp³-hybridized carbons (Fsp3) is 0.192. The van der Waals surface area contributed by atoms with Crippen LogP contribution in [-0.4, -0.2) is 9.52 Å². The first-order valence-electron chi connectivity index (χ1n) is 19.4. The average Bonchev–Trinajstić information content (AvgIpc) is 3.93. The number of alkyl halides is 6. The van der Waals surface area contributed by atoms with E-state index in [1.54, 1.807) is 36.4 Å². The van der Waals surface area contributed by atoms with Gasteiger partial charge in [-0.3, -0.25) is 0 Å². The van der Waals surface area contributed by atoms with Gasteiger partial charge in [0.05, 0.1) is 20.6 Å². The first-order chi connectivity index (χ1) is 27.8. The summed E-state index contributed by atoms with van der Waals surface area (Å²) in [5.41, 5.74) is 5.49. The monoisotopic (exact) mass is 899 g/mol. The molecule has 9 rings (SSSR count). The molecule has 0 unspecified atom stereocenters. The van der Waals surface area contributed by atoms with Crippen molar-refractivity contribution in [3.05, 3.63) is 180 Å². The van der Waals surface area contributed by atoms with Gasteiger partial charge in [-0.15, -0.1) is 74.6 Å². The van der Waals surface area contributed by atoms with Gasteiger partial charge in [-0.2, -0.15) is 67.9 Å². The molecule has 60 heavy (non-hydrogen) atoms. The Morgan fingerprint density at radius 2 is 0.850 bits per heavy atom. The molecule has 0 aliphatic carbocycles. The summed E-state index contributed by atoms with van der Waals surface area (Å²) >= 11 is 0. The maximum absolute atomic E-state index is 13.3. The van der Waals surface area contributed by atoms with Crippen LogP contribution in [-0.2, 0) is 49.4 Å². The first-order valence-corrected chi connectivity index (χ1v) is 20.4. The van der Waals surface area contributed by atoms with Crippen molar-refractivity contribution < 1.29 is 52.5 Å². The Bertz CT molecular complexity index is 2560. The second-order valence-electron chi connectivity index (χ2n) is 16.8. The minimum atomic E-state index is -4.36. The molecule has 8 heteroatoms. The summed E-state index contributed by atoms with van der Waals surface area (Å²) in [5.74, 6) is 0. The van der Waals surface area contributed by atoms with Gasteiger partial charge in [-0.05, 0) is 34.1 Å². The van der Waals surface area contributed by atoms with E-state index in [1.165, 1.54) is 33.6 Å². The molecule has 0 N–H and O–H groups in total. The van der Waals surface area contributed by atoms with Crippen LogP contribution in [0.1, 0.15) is 63.8 Å². The van der Waals surface area contributed by atoms with Gasteiger partial charge in [0.2, 0.25) is 0 Å². The van der Waals surface area contributed by atoms with Gasteiger partial charge >= 0.3 is 38.6 Å². The SMILES string of the molecule is CC(C)(C)c1cc2c(-c3ccccc3C(F)(F)F)cccc2[cH-]1.CC(C)(C)c1cc2c(-c3ccccc3C(F)(F)F)cccc2[cH-]1.[Zr+3].[c-]1cccc2c1[Si]c1ccccc1-2. The maximum atomic E-state index is 13.3. The Morgan fingerprint density at radius 1 is 0.450 bits per heavy atom. The summed E-state index contributed by atoms with van der Waals surface area (Å²) in [5, 5.41) is 6.51. The minimum absolute atomic E-state index is 0. The van der Waals surface area contributed by atoms with Gasteiger partial charge in [0.25, 0.3) is 0 Å². The van der Waals surface area contributed by atoms with E-state index in [9.17, 15) is 26.3 Å². The van der Waals surface area contributed by atoms with E-state index in [0.29, 0.717) is 11.1 Å². The van der Waals surface area contributed by atoms with Crippen molar-refractivity contribution in [2.24, 2.45) is 0 Å². The van der Waals surface area contributed by atoms with Gasteiger partial charge in [0.15, 0.2) is 0 Å². The Morgan fingerprint density at radius 3 is 1.30 bits per heavy atom.